The maximum absolute atomic E-state index is 12.9. The van der Waals surface area contributed by atoms with Crippen LogP contribution in [0, 0.1) is 0 Å². The second kappa shape index (κ2) is 7.09. The topological polar surface area (TPSA) is 47.6 Å². The number of amides is 1. The molecular formula is C19H19F2NO3. The van der Waals surface area contributed by atoms with Gasteiger partial charge in [-0.1, -0.05) is 36.8 Å². The smallest absolute Gasteiger partial charge is 0.387 e. The van der Waals surface area contributed by atoms with Crippen LogP contribution in [0.5, 0.6) is 11.5 Å². The first-order chi connectivity index (χ1) is 12.0. The molecule has 0 radical (unpaired) electrons. The molecule has 0 unspecified atom stereocenters. The van der Waals surface area contributed by atoms with Gasteiger partial charge in [-0.25, -0.2) is 0 Å². The highest BCUT2D eigenvalue weighted by Crippen LogP contribution is 2.44. The van der Waals surface area contributed by atoms with Gasteiger partial charge < -0.3 is 14.8 Å². The van der Waals surface area contributed by atoms with Gasteiger partial charge in [-0.3, -0.25) is 4.79 Å². The summed E-state index contributed by atoms with van der Waals surface area (Å²) in [5.74, 6) is -0.0736. The van der Waals surface area contributed by atoms with Crippen molar-refractivity contribution in [3.8, 4) is 11.5 Å². The van der Waals surface area contributed by atoms with Crippen molar-refractivity contribution < 1.29 is 23.0 Å². The molecule has 1 fully saturated rings. The van der Waals surface area contributed by atoms with E-state index < -0.39 is 12.0 Å². The lowest BCUT2D eigenvalue weighted by Crippen LogP contribution is -2.45. The van der Waals surface area contributed by atoms with Gasteiger partial charge >= 0.3 is 6.61 Å². The maximum Gasteiger partial charge on any atom is 0.387 e. The summed E-state index contributed by atoms with van der Waals surface area (Å²) >= 11 is 0. The summed E-state index contributed by atoms with van der Waals surface area (Å²) in [6.45, 7) is -2.97. The lowest BCUT2D eigenvalue weighted by molar-refractivity contribution is -0.124. The van der Waals surface area contributed by atoms with Crippen molar-refractivity contribution in [3.05, 3.63) is 54.1 Å². The van der Waals surface area contributed by atoms with E-state index >= 15 is 0 Å². The summed E-state index contributed by atoms with van der Waals surface area (Å²) < 4.78 is 34.5. The average molecular weight is 347 g/mol. The predicted molar refractivity (Wildman–Crippen MR) is 90.2 cm³/mol. The SMILES string of the molecule is COc1ccc(NC(=O)C2(c3ccccc3)CCC2)cc1OC(F)F. The van der Waals surface area contributed by atoms with Gasteiger partial charge in [-0.05, 0) is 30.5 Å². The van der Waals surface area contributed by atoms with Crippen molar-refractivity contribution in [2.45, 2.75) is 31.3 Å². The largest absolute Gasteiger partial charge is 0.493 e. The van der Waals surface area contributed by atoms with Crippen molar-refractivity contribution in [1.82, 2.24) is 0 Å². The molecule has 4 nitrogen and oxygen atoms in total. The number of hydrogen-bond donors (Lipinski definition) is 1. The molecule has 0 atom stereocenters. The van der Waals surface area contributed by atoms with E-state index in [2.05, 4.69) is 10.1 Å². The van der Waals surface area contributed by atoms with Crippen LogP contribution in [-0.4, -0.2) is 19.6 Å². The molecule has 132 valence electrons. The first kappa shape index (κ1) is 17.2. The zero-order valence-electron chi connectivity index (χ0n) is 13.8. The minimum atomic E-state index is -2.97. The van der Waals surface area contributed by atoms with Gasteiger partial charge in [0.2, 0.25) is 5.91 Å². The zero-order chi connectivity index (χ0) is 17.9. The van der Waals surface area contributed by atoms with Gasteiger partial charge in [0.1, 0.15) is 0 Å². The third kappa shape index (κ3) is 3.43. The molecule has 3 rings (SSSR count). The molecule has 0 bridgehead atoms. The summed E-state index contributed by atoms with van der Waals surface area (Å²) in [7, 11) is 1.37. The fourth-order valence-corrected chi connectivity index (χ4v) is 3.13. The van der Waals surface area contributed by atoms with Crippen molar-refractivity contribution >= 4 is 11.6 Å². The Balaban J connectivity index is 1.83. The average Bonchev–Trinajstić information content (AvgIpc) is 2.54. The minimum absolute atomic E-state index is 0.113. The molecule has 0 spiro atoms. The lowest BCUT2D eigenvalue weighted by atomic mass is 9.64. The molecule has 0 aromatic heterocycles. The van der Waals surface area contributed by atoms with Crippen LogP contribution in [0.25, 0.3) is 0 Å². The normalized spacial score (nSPS) is 15.4. The van der Waals surface area contributed by atoms with Gasteiger partial charge in [0.25, 0.3) is 0 Å². The monoisotopic (exact) mass is 347 g/mol. The molecule has 0 aliphatic heterocycles. The van der Waals surface area contributed by atoms with Gasteiger partial charge in [0, 0.05) is 11.8 Å². The van der Waals surface area contributed by atoms with Gasteiger partial charge in [-0.2, -0.15) is 8.78 Å². The number of nitrogens with one attached hydrogen (secondary N) is 1. The third-order valence-electron chi connectivity index (χ3n) is 4.61. The van der Waals surface area contributed by atoms with E-state index in [0.29, 0.717) is 5.69 Å². The number of alkyl halides is 2. The Kier molecular flexibility index (Phi) is 4.88. The number of methoxy groups -OCH3 is 1. The van der Waals surface area contributed by atoms with Crippen LogP contribution in [-0.2, 0) is 10.2 Å². The highest BCUT2D eigenvalue weighted by Gasteiger charge is 2.45. The molecule has 1 N–H and O–H groups in total. The first-order valence-electron chi connectivity index (χ1n) is 8.05. The molecule has 1 aliphatic carbocycles. The number of carbonyl (C=O) groups excluding carboxylic acids is 1. The Bertz CT molecular complexity index is 746. The van der Waals surface area contributed by atoms with Crippen molar-refractivity contribution in [1.29, 1.82) is 0 Å². The molecule has 1 amide bonds. The zero-order valence-corrected chi connectivity index (χ0v) is 13.8. The van der Waals surface area contributed by atoms with Crippen LogP contribution in [0.15, 0.2) is 48.5 Å². The Morgan fingerprint density at radius 1 is 1.12 bits per heavy atom. The van der Waals surface area contributed by atoms with Gasteiger partial charge in [0.05, 0.1) is 12.5 Å². The summed E-state index contributed by atoms with van der Waals surface area (Å²) in [5.41, 5.74) is 0.797. The minimum Gasteiger partial charge on any atom is -0.493 e. The molecule has 2 aromatic carbocycles. The highest BCUT2D eigenvalue weighted by molar-refractivity contribution is 6.00. The van der Waals surface area contributed by atoms with Crippen LogP contribution in [0.4, 0.5) is 14.5 Å². The van der Waals surface area contributed by atoms with Gasteiger partial charge in [-0.15, -0.1) is 0 Å². The number of anilines is 1. The quantitative estimate of drug-likeness (QED) is 0.845. The van der Waals surface area contributed by atoms with Crippen molar-refractivity contribution in [2.75, 3.05) is 12.4 Å². The van der Waals surface area contributed by atoms with E-state index in [1.807, 2.05) is 30.3 Å². The highest BCUT2D eigenvalue weighted by atomic mass is 19.3. The molecule has 6 heteroatoms. The van der Waals surface area contributed by atoms with E-state index in [4.69, 9.17) is 4.74 Å². The summed E-state index contributed by atoms with van der Waals surface area (Å²) in [4.78, 5) is 12.9. The van der Waals surface area contributed by atoms with E-state index in [1.165, 1.54) is 19.2 Å². The van der Waals surface area contributed by atoms with E-state index in [0.717, 1.165) is 24.8 Å². The molecule has 1 saturated carbocycles. The van der Waals surface area contributed by atoms with E-state index in [9.17, 15) is 13.6 Å². The van der Waals surface area contributed by atoms with Gasteiger partial charge in [0.15, 0.2) is 11.5 Å². The molecule has 2 aromatic rings. The number of rotatable bonds is 6. The second-order valence-corrected chi connectivity index (χ2v) is 6.00. The Labute approximate surface area is 144 Å². The van der Waals surface area contributed by atoms with Crippen LogP contribution < -0.4 is 14.8 Å². The van der Waals surface area contributed by atoms with Crippen LogP contribution in [0.3, 0.4) is 0 Å². The molecule has 25 heavy (non-hydrogen) atoms. The number of hydrogen-bond acceptors (Lipinski definition) is 3. The standard InChI is InChI=1S/C19H19F2NO3/c1-24-15-9-8-14(12-16(15)25-18(20)21)22-17(23)19(10-5-11-19)13-6-3-2-4-7-13/h2-4,6-9,12,18H,5,10-11H2,1H3,(H,22,23). The Morgan fingerprint density at radius 2 is 1.84 bits per heavy atom. The molecule has 0 saturated heterocycles. The van der Waals surface area contributed by atoms with Crippen molar-refractivity contribution in [3.63, 3.8) is 0 Å². The summed E-state index contributed by atoms with van der Waals surface area (Å²) in [6.07, 6.45) is 2.50. The molecule has 1 aliphatic rings. The number of benzene rings is 2. The second-order valence-electron chi connectivity index (χ2n) is 6.00. The van der Waals surface area contributed by atoms with E-state index in [1.54, 1.807) is 6.07 Å². The molecular weight excluding hydrogens is 328 g/mol. The Morgan fingerprint density at radius 3 is 2.40 bits per heavy atom. The molecule has 0 heterocycles. The van der Waals surface area contributed by atoms with E-state index in [-0.39, 0.29) is 17.4 Å². The maximum atomic E-state index is 12.9. The first-order valence-corrected chi connectivity index (χ1v) is 8.05. The number of halogens is 2. The predicted octanol–water partition coefficient (Wildman–Crippen LogP) is 4.36. The fourth-order valence-electron chi connectivity index (χ4n) is 3.13. The third-order valence-corrected chi connectivity index (χ3v) is 4.61. The summed E-state index contributed by atoms with van der Waals surface area (Å²) in [6, 6.07) is 14.0. The Hall–Kier alpha value is -2.63. The lowest BCUT2D eigenvalue weighted by Gasteiger charge is -2.40. The van der Waals surface area contributed by atoms with Crippen LogP contribution >= 0.6 is 0 Å². The van der Waals surface area contributed by atoms with Crippen LogP contribution in [0.2, 0.25) is 0 Å². The fraction of sp³-hybridized carbons (Fsp3) is 0.316. The van der Waals surface area contributed by atoms with Crippen LogP contribution in [0.1, 0.15) is 24.8 Å². The number of carbonyl (C=O) groups is 1. The number of ether oxygens (including phenoxy) is 2. The summed E-state index contributed by atoms with van der Waals surface area (Å²) in [5, 5.41) is 2.83. The van der Waals surface area contributed by atoms with Crippen molar-refractivity contribution in [2.24, 2.45) is 0 Å².